The van der Waals surface area contributed by atoms with Crippen molar-refractivity contribution in [2.24, 2.45) is 5.41 Å². The van der Waals surface area contributed by atoms with Gasteiger partial charge < -0.3 is 0 Å². The van der Waals surface area contributed by atoms with Crippen molar-refractivity contribution in [3.8, 4) is 6.07 Å². The van der Waals surface area contributed by atoms with Gasteiger partial charge in [-0.15, -0.1) is 11.6 Å². The second-order valence-electron chi connectivity index (χ2n) is 3.04. The summed E-state index contributed by atoms with van der Waals surface area (Å²) < 4.78 is 0. The van der Waals surface area contributed by atoms with Crippen LogP contribution < -0.4 is 0 Å². The highest BCUT2D eigenvalue weighted by molar-refractivity contribution is 6.18. The second-order valence-corrected chi connectivity index (χ2v) is 3.35. The van der Waals surface area contributed by atoms with Crippen molar-refractivity contribution in [1.82, 2.24) is 0 Å². The maximum absolute atomic E-state index is 8.84. The molecule has 0 amide bonds. The third-order valence-corrected chi connectivity index (χ3v) is 1.88. The highest BCUT2D eigenvalue weighted by Crippen LogP contribution is 2.25. The third-order valence-electron chi connectivity index (χ3n) is 1.70. The number of nitrogens with zero attached hydrogens (tertiary/aromatic N) is 1. The lowest BCUT2D eigenvalue weighted by Crippen LogP contribution is -2.09. The maximum Gasteiger partial charge on any atom is 0.0763 e. The molecular formula is C10H14ClN. The summed E-state index contributed by atoms with van der Waals surface area (Å²) in [6.07, 6.45) is 5.68. The third kappa shape index (κ3) is 3.11. The fraction of sp³-hybridized carbons (Fsp3) is 0.500. The molecule has 1 nitrogen and oxygen atoms in total. The van der Waals surface area contributed by atoms with Crippen LogP contribution in [0.3, 0.4) is 0 Å². The molecule has 66 valence electrons. The normalized spacial score (nSPS) is 13.4. The van der Waals surface area contributed by atoms with E-state index in [-0.39, 0.29) is 0 Å². The van der Waals surface area contributed by atoms with Crippen molar-refractivity contribution in [3.63, 3.8) is 0 Å². The number of halogens is 1. The van der Waals surface area contributed by atoms with Gasteiger partial charge in [0, 0.05) is 5.88 Å². The average molecular weight is 184 g/mol. The molecule has 0 saturated heterocycles. The van der Waals surface area contributed by atoms with Crippen LogP contribution in [0, 0.1) is 16.7 Å². The van der Waals surface area contributed by atoms with Crippen LogP contribution in [0.2, 0.25) is 0 Å². The Morgan fingerprint density at radius 1 is 1.58 bits per heavy atom. The first-order chi connectivity index (χ1) is 5.58. The van der Waals surface area contributed by atoms with Gasteiger partial charge in [-0.3, -0.25) is 0 Å². The number of allylic oxidation sites excluding steroid dienone is 4. The van der Waals surface area contributed by atoms with Crippen LogP contribution in [-0.2, 0) is 0 Å². The second kappa shape index (κ2) is 5.00. The van der Waals surface area contributed by atoms with Gasteiger partial charge in [0.15, 0.2) is 0 Å². The van der Waals surface area contributed by atoms with Gasteiger partial charge in [0.2, 0.25) is 0 Å². The van der Waals surface area contributed by atoms with Gasteiger partial charge in [0.05, 0.1) is 11.5 Å². The molecular weight excluding hydrogens is 170 g/mol. The summed E-state index contributed by atoms with van der Waals surface area (Å²) in [4.78, 5) is 0. The molecule has 0 unspecified atom stereocenters. The van der Waals surface area contributed by atoms with Crippen LogP contribution in [0.25, 0.3) is 0 Å². The zero-order chi connectivity index (χ0) is 9.61. The van der Waals surface area contributed by atoms with Crippen molar-refractivity contribution in [1.29, 1.82) is 5.26 Å². The predicted molar refractivity (Wildman–Crippen MR) is 53.0 cm³/mol. The summed E-state index contributed by atoms with van der Waals surface area (Å²) in [6, 6.07) is 2.24. The standard InChI is InChI=1S/C10H14ClN/c1-4-9(6-5-7-11)10(2,3)8-12/h4-6H,7H2,1-3H3/b6-5-,9-4+. The van der Waals surface area contributed by atoms with Gasteiger partial charge in [-0.05, 0) is 26.3 Å². The molecule has 2 heteroatoms. The molecule has 0 aromatic heterocycles. The smallest absolute Gasteiger partial charge is 0.0763 e. The number of alkyl halides is 1. The summed E-state index contributed by atoms with van der Waals surface area (Å²) in [7, 11) is 0. The lowest BCUT2D eigenvalue weighted by Gasteiger charge is -2.16. The summed E-state index contributed by atoms with van der Waals surface area (Å²) in [5.74, 6) is 0.485. The van der Waals surface area contributed by atoms with E-state index in [1.54, 1.807) is 0 Å². The van der Waals surface area contributed by atoms with Crippen LogP contribution in [-0.4, -0.2) is 5.88 Å². The minimum absolute atomic E-state index is 0.419. The van der Waals surface area contributed by atoms with Crippen LogP contribution in [0.5, 0.6) is 0 Å². The summed E-state index contributed by atoms with van der Waals surface area (Å²) in [6.45, 7) is 5.70. The Hall–Kier alpha value is -0.740. The number of hydrogen-bond donors (Lipinski definition) is 0. The Kier molecular flexibility index (Phi) is 4.70. The van der Waals surface area contributed by atoms with E-state index in [9.17, 15) is 0 Å². The van der Waals surface area contributed by atoms with E-state index in [1.165, 1.54) is 0 Å². The molecule has 0 bridgehead atoms. The van der Waals surface area contributed by atoms with Gasteiger partial charge in [-0.25, -0.2) is 0 Å². The molecule has 0 rings (SSSR count). The summed E-state index contributed by atoms with van der Waals surface area (Å²) >= 11 is 5.50. The van der Waals surface area contributed by atoms with Crippen molar-refractivity contribution >= 4 is 11.6 Å². The lowest BCUT2D eigenvalue weighted by atomic mass is 9.85. The number of rotatable bonds is 3. The molecule has 0 aliphatic heterocycles. The van der Waals surface area contributed by atoms with Crippen molar-refractivity contribution in [3.05, 3.63) is 23.8 Å². The quantitative estimate of drug-likeness (QED) is 0.487. The number of hydrogen-bond acceptors (Lipinski definition) is 1. The van der Waals surface area contributed by atoms with E-state index in [4.69, 9.17) is 16.9 Å². The summed E-state index contributed by atoms with van der Waals surface area (Å²) in [5, 5.41) is 8.84. The molecule has 0 radical (unpaired) electrons. The van der Waals surface area contributed by atoms with Gasteiger partial charge in [0.25, 0.3) is 0 Å². The van der Waals surface area contributed by atoms with Gasteiger partial charge in [-0.1, -0.05) is 18.2 Å². The fourth-order valence-corrected chi connectivity index (χ4v) is 0.991. The Morgan fingerprint density at radius 2 is 2.17 bits per heavy atom. The molecule has 0 atom stereocenters. The Labute approximate surface area is 79.3 Å². The molecule has 0 spiro atoms. The van der Waals surface area contributed by atoms with Crippen molar-refractivity contribution < 1.29 is 0 Å². The maximum atomic E-state index is 8.84. The molecule has 0 N–H and O–H groups in total. The monoisotopic (exact) mass is 183 g/mol. The van der Waals surface area contributed by atoms with Crippen LogP contribution in [0.4, 0.5) is 0 Å². The van der Waals surface area contributed by atoms with E-state index < -0.39 is 5.41 Å². The van der Waals surface area contributed by atoms with E-state index >= 15 is 0 Å². The molecule has 0 saturated carbocycles. The minimum atomic E-state index is -0.419. The summed E-state index contributed by atoms with van der Waals surface area (Å²) in [5.41, 5.74) is 0.586. The highest BCUT2D eigenvalue weighted by atomic mass is 35.5. The van der Waals surface area contributed by atoms with Gasteiger partial charge >= 0.3 is 0 Å². The minimum Gasteiger partial charge on any atom is -0.197 e. The number of nitriles is 1. The first kappa shape index (κ1) is 11.3. The van der Waals surface area contributed by atoms with Crippen LogP contribution in [0.15, 0.2) is 23.8 Å². The first-order valence-electron chi connectivity index (χ1n) is 3.89. The largest absolute Gasteiger partial charge is 0.197 e. The van der Waals surface area contributed by atoms with E-state index in [0.29, 0.717) is 5.88 Å². The average Bonchev–Trinajstić information content (AvgIpc) is 2.05. The van der Waals surface area contributed by atoms with E-state index in [0.717, 1.165) is 5.57 Å². The fourth-order valence-electron chi connectivity index (χ4n) is 0.901. The van der Waals surface area contributed by atoms with Crippen molar-refractivity contribution in [2.45, 2.75) is 20.8 Å². The SMILES string of the molecule is C/C=C(\C=C/CCl)C(C)(C)C#N. The van der Waals surface area contributed by atoms with Crippen LogP contribution >= 0.6 is 11.6 Å². The molecule has 0 heterocycles. The molecule has 0 aliphatic rings. The Morgan fingerprint density at radius 3 is 2.50 bits per heavy atom. The van der Waals surface area contributed by atoms with Crippen molar-refractivity contribution in [2.75, 3.05) is 5.88 Å². The zero-order valence-electron chi connectivity index (χ0n) is 7.76. The molecule has 0 fully saturated rings. The van der Waals surface area contributed by atoms with Gasteiger partial charge in [-0.2, -0.15) is 5.26 Å². The van der Waals surface area contributed by atoms with E-state index in [1.807, 2.05) is 39.0 Å². The van der Waals surface area contributed by atoms with Gasteiger partial charge in [0.1, 0.15) is 0 Å². The topological polar surface area (TPSA) is 23.8 Å². The lowest BCUT2D eigenvalue weighted by molar-refractivity contribution is 0.611. The highest BCUT2D eigenvalue weighted by Gasteiger charge is 2.19. The van der Waals surface area contributed by atoms with E-state index in [2.05, 4.69) is 6.07 Å². The Balaban J connectivity index is 4.62. The molecule has 0 aromatic carbocycles. The molecule has 12 heavy (non-hydrogen) atoms. The predicted octanol–water partition coefficient (Wildman–Crippen LogP) is 3.28. The zero-order valence-corrected chi connectivity index (χ0v) is 8.52. The van der Waals surface area contributed by atoms with Crippen LogP contribution in [0.1, 0.15) is 20.8 Å². The molecule has 0 aromatic rings. The molecule has 0 aliphatic carbocycles. The first-order valence-corrected chi connectivity index (χ1v) is 4.42. The Bertz CT molecular complexity index is 231.